The molecule has 33 heavy (non-hydrogen) atoms. The van der Waals surface area contributed by atoms with E-state index in [-0.39, 0.29) is 22.0 Å². The van der Waals surface area contributed by atoms with Gasteiger partial charge in [-0.15, -0.1) is 0 Å². The zero-order valence-electron chi connectivity index (χ0n) is 19.1. The molecule has 0 aliphatic carbocycles. The maximum atomic E-state index is 13.6. The number of aldehydes is 2. The van der Waals surface area contributed by atoms with Gasteiger partial charge in [0.2, 0.25) is 0 Å². The Bertz CT molecular complexity index is 1190. The van der Waals surface area contributed by atoms with Gasteiger partial charge in [0, 0.05) is 24.4 Å². The second kappa shape index (κ2) is 11.1. The number of aromatic nitrogens is 2. The van der Waals surface area contributed by atoms with Gasteiger partial charge in [0.05, 0.1) is 23.4 Å². The average molecular weight is 471 g/mol. The molecule has 176 valence electrons. The fraction of sp³-hybridized carbons (Fsp3) is 0.360. The number of benzene rings is 1. The Morgan fingerprint density at radius 3 is 2.24 bits per heavy atom. The number of unbranched alkanes of at least 4 members (excludes halogenated alkanes) is 5. The summed E-state index contributed by atoms with van der Waals surface area (Å²) in [5.74, 6) is 0.152. The largest absolute Gasteiger partial charge is 0.494 e. The van der Waals surface area contributed by atoms with Crippen LogP contribution >= 0.6 is 0 Å². The smallest absolute Gasteiger partial charge is 0.268 e. The van der Waals surface area contributed by atoms with E-state index in [4.69, 9.17) is 4.74 Å². The minimum Gasteiger partial charge on any atom is -0.494 e. The number of methoxy groups -OCH3 is 1. The van der Waals surface area contributed by atoms with Crippen molar-refractivity contribution in [2.24, 2.45) is 0 Å². The van der Waals surface area contributed by atoms with E-state index in [1.54, 1.807) is 30.5 Å². The number of carbonyl (C=O) groups excluding carboxylic acids is 2. The first-order valence-corrected chi connectivity index (χ1v) is 12.6. The second-order valence-electron chi connectivity index (χ2n) is 7.92. The van der Waals surface area contributed by atoms with Crippen LogP contribution in [0.4, 0.5) is 0 Å². The summed E-state index contributed by atoms with van der Waals surface area (Å²) in [6.07, 6.45) is 9.57. The molecule has 2 aromatic heterocycles. The summed E-state index contributed by atoms with van der Waals surface area (Å²) in [6, 6.07) is 11.1. The Labute approximate surface area is 195 Å². The van der Waals surface area contributed by atoms with E-state index < -0.39 is 10.0 Å². The number of aryl methyl sites for hydroxylation is 1. The molecule has 0 aliphatic heterocycles. The van der Waals surface area contributed by atoms with Crippen molar-refractivity contribution in [2.45, 2.75) is 56.9 Å². The van der Waals surface area contributed by atoms with Crippen molar-refractivity contribution in [1.29, 1.82) is 0 Å². The van der Waals surface area contributed by atoms with Crippen LogP contribution in [0.2, 0.25) is 0 Å². The van der Waals surface area contributed by atoms with Gasteiger partial charge in [-0.2, -0.15) is 0 Å². The van der Waals surface area contributed by atoms with Crippen LogP contribution in [0.25, 0.3) is 11.4 Å². The third-order valence-electron chi connectivity index (χ3n) is 5.64. The van der Waals surface area contributed by atoms with Gasteiger partial charge in [0.15, 0.2) is 12.6 Å². The summed E-state index contributed by atoms with van der Waals surface area (Å²) in [4.78, 5) is 23.5. The van der Waals surface area contributed by atoms with E-state index in [2.05, 4.69) is 6.92 Å². The normalized spacial score (nSPS) is 11.5. The monoisotopic (exact) mass is 470 g/mol. The Morgan fingerprint density at radius 2 is 1.61 bits per heavy atom. The highest BCUT2D eigenvalue weighted by Gasteiger charge is 2.29. The first-order valence-electron chi connectivity index (χ1n) is 11.2. The van der Waals surface area contributed by atoms with Crippen LogP contribution in [0, 0.1) is 0 Å². The molecule has 0 saturated heterocycles. The van der Waals surface area contributed by atoms with E-state index in [1.165, 1.54) is 44.6 Å². The standard InChI is InChI=1S/C25H30N2O5S/c1-3-4-5-6-7-11-14-26-17-20(18-28)15-22(26)23-16-25(32-2)24(19-29)27(23)33(30,31)21-12-9-8-10-13-21/h8-10,12-13,15-19H,3-7,11,14H2,1-2H3. The van der Waals surface area contributed by atoms with Gasteiger partial charge in [-0.05, 0) is 24.6 Å². The van der Waals surface area contributed by atoms with Gasteiger partial charge in [-0.1, -0.05) is 57.2 Å². The van der Waals surface area contributed by atoms with Crippen molar-refractivity contribution in [3.63, 3.8) is 0 Å². The Hall–Kier alpha value is -3.13. The van der Waals surface area contributed by atoms with Crippen molar-refractivity contribution < 1.29 is 22.7 Å². The molecule has 0 unspecified atom stereocenters. The van der Waals surface area contributed by atoms with E-state index in [0.29, 0.717) is 24.1 Å². The molecule has 0 aliphatic rings. The quantitative estimate of drug-likeness (QED) is 0.253. The number of carbonyl (C=O) groups is 2. The van der Waals surface area contributed by atoms with Gasteiger partial charge in [-0.3, -0.25) is 9.59 Å². The molecule has 0 amide bonds. The third-order valence-corrected chi connectivity index (χ3v) is 7.38. The molecule has 2 heterocycles. The second-order valence-corrected chi connectivity index (χ2v) is 9.71. The number of nitrogens with zero attached hydrogens (tertiary/aromatic N) is 2. The molecule has 3 rings (SSSR count). The predicted octanol–water partition coefficient (Wildman–Crippen LogP) is 5.19. The average Bonchev–Trinajstić information content (AvgIpc) is 3.42. The molecule has 0 spiro atoms. The van der Waals surface area contributed by atoms with E-state index in [9.17, 15) is 18.0 Å². The highest BCUT2D eigenvalue weighted by molar-refractivity contribution is 7.90. The Kier molecular flexibility index (Phi) is 8.27. The van der Waals surface area contributed by atoms with Crippen LogP contribution in [0.1, 0.15) is 66.3 Å². The molecule has 0 fully saturated rings. The lowest BCUT2D eigenvalue weighted by atomic mass is 10.1. The van der Waals surface area contributed by atoms with Crippen molar-refractivity contribution in [1.82, 2.24) is 8.54 Å². The van der Waals surface area contributed by atoms with Crippen LogP contribution in [0.15, 0.2) is 53.6 Å². The molecular formula is C25H30N2O5S. The number of hydrogen-bond donors (Lipinski definition) is 0. The summed E-state index contributed by atoms with van der Waals surface area (Å²) in [5, 5.41) is 0. The zero-order valence-corrected chi connectivity index (χ0v) is 19.9. The predicted molar refractivity (Wildman–Crippen MR) is 128 cm³/mol. The molecular weight excluding hydrogens is 440 g/mol. The third kappa shape index (κ3) is 5.27. The fourth-order valence-corrected chi connectivity index (χ4v) is 5.46. The molecule has 3 aromatic rings. The minimum absolute atomic E-state index is 0.0530. The number of hydrogen-bond acceptors (Lipinski definition) is 5. The topological polar surface area (TPSA) is 87.4 Å². The number of ether oxygens (including phenoxy) is 1. The summed E-state index contributed by atoms with van der Waals surface area (Å²) < 4.78 is 35.3. The van der Waals surface area contributed by atoms with Gasteiger partial charge >= 0.3 is 0 Å². The van der Waals surface area contributed by atoms with Gasteiger partial charge in [-0.25, -0.2) is 12.4 Å². The lowest BCUT2D eigenvalue weighted by Gasteiger charge is -2.14. The van der Waals surface area contributed by atoms with Crippen LogP contribution in [-0.2, 0) is 16.6 Å². The molecule has 0 saturated carbocycles. The van der Waals surface area contributed by atoms with Gasteiger partial charge < -0.3 is 9.30 Å². The van der Waals surface area contributed by atoms with E-state index >= 15 is 0 Å². The highest BCUT2D eigenvalue weighted by Crippen LogP contribution is 2.35. The first-order chi connectivity index (χ1) is 16.0. The van der Waals surface area contributed by atoms with Crippen LogP contribution in [0.3, 0.4) is 0 Å². The number of rotatable bonds is 13. The summed E-state index contributed by atoms with van der Waals surface area (Å²) in [5.41, 5.74) is 1.15. The Balaban J connectivity index is 2.08. The fourth-order valence-electron chi connectivity index (χ4n) is 3.95. The minimum atomic E-state index is -4.10. The van der Waals surface area contributed by atoms with Gasteiger partial charge in [0.25, 0.3) is 10.0 Å². The first kappa shape index (κ1) is 24.5. The lowest BCUT2D eigenvalue weighted by molar-refractivity contribution is 0.111. The van der Waals surface area contributed by atoms with Crippen LogP contribution in [-0.4, -0.2) is 36.6 Å². The summed E-state index contributed by atoms with van der Waals surface area (Å²) in [6.45, 7) is 2.80. The van der Waals surface area contributed by atoms with Crippen LogP contribution in [0.5, 0.6) is 5.75 Å². The summed E-state index contributed by atoms with van der Waals surface area (Å²) >= 11 is 0. The van der Waals surface area contributed by atoms with Crippen molar-refractivity contribution >= 4 is 22.6 Å². The molecule has 0 N–H and O–H groups in total. The zero-order chi connectivity index (χ0) is 23.8. The van der Waals surface area contributed by atoms with E-state index in [0.717, 1.165) is 29.5 Å². The SMILES string of the molecule is CCCCCCCCn1cc(C=O)cc1-c1cc(OC)c(C=O)n1S(=O)(=O)c1ccccc1. The highest BCUT2D eigenvalue weighted by atomic mass is 32.2. The van der Waals surface area contributed by atoms with Crippen LogP contribution < -0.4 is 4.74 Å². The van der Waals surface area contributed by atoms with Gasteiger partial charge in [0.1, 0.15) is 11.4 Å². The lowest BCUT2D eigenvalue weighted by Crippen LogP contribution is -2.17. The van der Waals surface area contributed by atoms with E-state index in [1.807, 2.05) is 4.57 Å². The maximum Gasteiger partial charge on any atom is 0.268 e. The molecule has 0 atom stereocenters. The van der Waals surface area contributed by atoms with Crippen molar-refractivity contribution in [2.75, 3.05) is 7.11 Å². The van der Waals surface area contributed by atoms with Crippen molar-refractivity contribution in [3.05, 3.63) is 59.9 Å². The molecule has 0 bridgehead atoms. The molecule has 7 nitrogen and oxygen atoms in total. The van der Waals surface area contributed by atoms with Crippen molar-refractivity contribution in [3.8, 4) is 17.1 Å². The molecule has 8 heteroatoms. The molecule has 1 aromatic carbocycles. The Morgan fingerprint density at radius 1 is 0.909 bits per heavy atom. The maximum absolute atomic E-state index is 13.6. The molecule has 0 radical (unpaired) electrons. The summed E-state index contributed by atoms with van der Waals surface area (Å²) in [7, 11) is -2.71.